The third-order valence-corrected chi connectivity index (χ3v) is 3.69. The highest BCUT2D eigenvalue weighted by atomic mass is 35.5. The van der Waals surface area contributed by atoms with Gasteiger partial charge in [0.2, 0.25) is 0 Å². The zero-order valence-electron chi connectivity index (χ0n) is 11.0. The predicted molar refractivity (Wildman–Crippen MR) is 74.0 cm³/mol. The maximum absolute atomic E-state index is 13.7. The van der Waals surface area contributed by atoms with Crippen LogP contribution >= 0.6 is 11.6 Å². The van der Waals surface area contributed by atoms with Crippen LogP contribution in [-0.2, 0) is 0 Å². The number of carbonyl (C=O) groups is 1. The van der Waals surface area contributed by atoms with Gasteiger partial charge in [0, 0.05) is 26.2 Å². The number of amides is 1. The number of benzene rings is 1. The number of hydrogen-bond acceptors (Lipinski definition) is 2. The molecule has 1 fully saturated rings. The van der Waals surface area contributed by atoms with Crippen LogP contribution in [-0.4, -0.2) is 48.4 Å². The molecule has 1 saturated heterocycles. The third-order valence-electron chi connectivity index (χ3n) is 3.38. The Morgan fingerprint density at radius 3 is 2.58 bits per heavy atom. The maximum Gasteiger partial charge on any atom is 0.258 e. The summed E-state index contributed by atoms with van der Waals surface area (Å²) in [5.41, 5.74) is -0.00638. The molecule has 0 spiro atoms. The normalized spacial score (nSPS) is 16.7. The summed E-state index contributed by atoms with van der Waals surface area (Å²) in [6, 6.07) is 4.32. The summed E-state index contributed by atoms with van der Waals surface area (Å²) in [4.78, 5) is 16.3. The molecule has 0 aromatic heterocycles. The van der Waals surface area contributed by atoms with E-state index in [9.17, 15) is 9.18 Å². The van der Waals surface area contributed by atoms with Gasteiger partial charge in [0.05, 0.1) is 10.6 Å². The Bertz CT molecular complexity index is 439. The van der Waals surface area contributed by atoms with E-state index in [1.807, 2.05) is 0 Å². The first-order valence-corrected chi connectivity index (χ1v) is 6.97. The molecule has 0 N–H and O–H groups in total. The van der Waals surface area contributed by atoms with Crippen molar-refractivity contribution in [1.82, 2.24) is 9.80 Å². The van der Waals surface area contributed by atoms with E-state index in [4.69, 9.17) is 11.6 Å². The van der Waals surface area contributed by atoms with Gasteiger partial charge < -0.3 is 4.90 Å². The Hall–Kier alpha value is -1.13. The van der Waals surface area contributed by atoms with E-state index in [2.05, 4.69) is 11.8 Å². The lowest BCUT2D eigenvalue weighted by atomic mass is 10.1. The van der Waals surface area contributed by atoms with Gasteiger partial charge in [0.15, 0.2) is 0 Å². The molecule has 1 amide bonds. The van der Waals surface area contributed by atoms with Crippen molar-refractivity contribution >= 4 is 17.5 Å². The van der Waals surface area contributed by atoms with Crippen molar-refractivity contribution in [1.29, 1.82) is 0 Å². The number of piperazine rings is 1. The van der Waals surface area contributed by atoms with Gasteiger partial charge in [0.1, 0.15) is 5.82 Å². The molecule has 2 rings (SSSR count). The first-order valence-electron chi connectivity index (χ1n) is 6.59. The summed E-state index contributed by atoms with van der Waals surface area (Å²) in [6.45, 7) is 6.11. The quantitative estimate of drug-likeness (QED) is 0.852. The van der Waals surface area contributed by atoms with E-state index in [1.165, 1.54) is 12.1 Å². The smallest absolute Gasteiger partial charge is 0.258 e. The van der Waals surface area contributed by atoms with Gasteiger partial charge in [-0.05, 0) is 25.1 Å². The molecule has 1 aliphatic rings. The highest BCUT2D eigenvalue weighted by molar-refractivity contribution is 6.33. The largest absolute Gasteiger partial charge is 0.336 e. The molecule has 19 heavy (non-hydrogen) atoms. The molecular formula is C14H18ClFN2O. The summed E-state index contributed by atoms with van der Waals surface area (Å²) < 4.78 is 13.7. The molecule has 0 unspecified atom stereocenters. The standard InChI is InChI=1S/C14H18ClFN2O/c1-2-6-17-7-9-18(10-8-17)14(19)13-11(15)4-3-5-12(13)16/h3-5H,2,6-10H2,1H3. The van der Waals surface area contributed by atoms with Crippen LogP contribution in [0.15, 0.2) is 18.2 Å². The Morgan fingerprint density at radius 2 is 2.00 bits per heavy atom. The average Bonchev–Trinajstić information content (AvgIpc) is 2.39. The number of halogens is 2. The fourth-order valence-corrected chi connectivity index (χ4v) is 2.59. The molecule has 0 saturated carbocycles. The average molecular weight is 285 g/mol. The van der Waals surface area contributed by atoms with Crippen molar-refractivity contribution < 1.29 is 9.18 Å². The fourth-order valence-electron chi connectivity index (χ4n) is 2.35. The summed E-state index contributed by atoms with van der Waals surface area (Å²) >= 11 is 5.92. The van der Waals surface area contributed by atoms with Crippen LogP contribution in [0.4, 0.5) is 4.39 Å². The number of carbonyl (C=O) groups excluding carboxylic acids is 1. The van der Waals surface area contributed by atoms with E-state index >= 15 is 0 Å². The maximum atomic E-state index is 13.7. The van der Waals surface area contributed by atoms with Crippen LogP contribution in [0.5, 0.6) is 0 Å². The van der Waals surface area contributed by atoms with E-state index in [-0.39, 0.29) is 16.5 Å². The van der Waals surface area contributed by atoms with Gasteiger partial charge >= 0.3 is 0 Å². The lowest BCUT2D eigenvalue weighted by Gasteiger charge is -2.34. The van der Waals surface area contributed by atoms with Crippen molar-refractivity contribution in [3.05, 3.63) is 34.6 Å². The molecule has 0 atom stereocenters. The Morgan fingerprint density at radius 1 is 1.32 bits per heavy atom. The Kier molecular flexibility index (Phi) is 4.77. The topological polar surface area (TPSA) is 23.6 Å². The SMILES string of the molecule is CCCN1CCN(C(=O)c2c(F)cccc2Cl)CC1. The van der Waals surface area contributed by atoms with E-state index in [1.54, 1.807) is 11.0 Å². The van der Waals surface area contributed by atoms with E-state index in [0.29, 0.717) is 13.1 Å². The Labute approximate surface area is 117 Å². The molecule has 0 radical (unpaired) electrons. The summed E-state index contributed by atoms with van der Waals surface area (Å²) in [5, 5.41) is 0.181. The molecule has 1 heterocycles. The molecule has 104 valence electrons. The van der Waals surface area contributed by atoms with Gasteiger partial charge in [0.25, 0.3) is 5.91 Å². The molecule has 1 aromatic rings. The molecule has 3 nitrogen and oxygen atoms in total. The van der Waals surface area contributed by atoms with Crippen molar-refractivity contribution in [2.45, 2.75) is 13.3 Å². The zero-order chi connectivity index (χ0) is 13.8. The third kappa shape index (κ3) is 3.25. The number of hydrogen-bond donors (Lipinski definition) is 0. The van der Waals surface area contributed by atoms with Gasteiger partial charge in [-0.3, -0.25) is 9.69 Å². The molecule has 5 heteroatoms. The van der Waals surface area contributed by atoms with Crippen LogP contribution in [0.2, 0.25) is 5.02 Å². The minimum Gasteiger partial charge on any atom is -0.336 e. The zero-order valence-corrected chi connectivity index (χ0v) is 11.8. The first kappa shape index (κ1) is 14.3. The van der Waals surface area contributed by atoms with Gasteiger partial charge in [-0.1, -0.05) is 24.6 Å². The molecule has 1 aliphatic heterocycles. The van der Waals surface area contributed by atoms with E-state index < -0.39 is 5.82 Å². The van der Waals surface area contributed by atoms with Gasteiger partial charge in [-0.15, -0.1) is 0 Å². The molecule has 0 aliphatic carbocycles. The second-order valence-electron chi connectivity index (χ2n) is 4.73. The van der Waals surface area contributed by atoms with Crippen LogP contribution in [0.25, 0.3) is 0 Å². The predicted octanol–water partition coefficient (Wildman–Crippen LogP) is 2.65. The second kappa shape index (κ2) is 6.35. The minimum atomic E-state index is -0.548. The van der Waals surface area contributed by atoms with Crippen molar-refractivity contribution in [2.24, 2.45) is 0 Å². The van der Waals surface area contributed by atoms with Crippen LogP contribution in [0.3, 0.4) is 0 Å². The lowest BCUT2D eigenvalue weighted by Crippen LogP contribution is -2.49. The monoisotopic (exact) mass is 284 g/mol. The summed E-state index contributed by atoms with van der Waals surface area (Å²) in [7, 11) is 0. The van der Waals surface area contributed by atoms with Gasteiger partial charge in [-0.25, -0.2) is 4.39 Å². The minimum absolute atomic E-state index is 0.00638. The first-order chi connectivity index (χ1) is 9.13. The highest BCUT2D eigenvalue weighted by Gasteiger charge is 2.25. The van der Waals surface area contributed by atoms with E-state index in [0.717, 1.165) is 26.1 Å². The van der Waals surface area contributed by atoms with Crippen LogP contribution in [0, 0.1) is 5.82 Å². The van der Waals surface area contributed by atoms with Crippen LogP contribution in [0.1, 0.15) is 23.7 Å². The Balaban J connectivity index is 2.05. The van der Waals surface area contributed by atoms with Crippen molar-refractivity contribution in [3.63, 3.8) is 0 Å². The second-order valence-corrected chi connectivity index (χ2v) is 5.14. The molecular weight excluding hydrogens is 267 g/mol. The highest BCUT2D eigenvalue weighted by Crippen LogP contribution is 2.21. The number of nitrogens with zero attached hydrogens (tertiary/aromatic N) is 2. The van der Waals surface area contributed by atoms with Crippen molar-refractivity contribution in [2.75, 3.05) is 32.7 Å². The fraction of sp³-hybridized carbons (Fsp3) is 0.500. The van der Waals surface area contributed by atoms with Crippen molar-refractivity contribution in [3.8, 4) is 0 Å². The summed E-state index contributed by atoms with van der Waals surface area (Å²) in [6.07, 6.45) is 1.10. The molecule has 1 aromatic carbocycles. The number of rotatable bonds is 3. The lowest BCUT2D eigenvalue weighted by molar-refractivity contribution is 0.0633. The van der Waals surface area contributed by atoms with Crippen LogP contribution < -0.4 is 0 Å². The summed E-state index contributed by atoms with van der Waals surface area (Å²) in [5.74, 6) is -0.854. The molecule has 0 bridgehead atoms. The van der Waals surface area contributed by atoms with Gasteiger partial charge in [-0.2, -0.15) is 0 Å².